The summed E-state index contributed by atoms with van der Waals surface area (Å²) in [6.07, 6.45) is 10.7. The minimum Gasteiger partial charge on any atom is -0.379 e. The molecule has 5 aliphatic rings. The van der Waals surface area contributed by atoms with E-state index in [0.717, 1.165) is 87.4 Å². The van der Waals surface area contributed by atoms with Gasteiger partial charge in [0, 0.05) is 25.2 Å². The highest BCUT2D eigenvalue weighted by molar-refractivity contribution is 5.97. The summed E-state index contributed by atoms with van der Waals surface area (Å²) < 4.78 is 7.31. The van der Waals surface area contributed by atoms with E-state index in [0.29, 0.717) is 5.82 Å². The molecule has 3 heterocycles. The van der Waals surface area contributed by atoms with E-state index in [1.54, 1.807) is 6.20 Å². The van der Waals surface area contributed by atoms with Crippen molar-refractivity contribution in [1.29, 1.82) is 0 Å². The molecule has 4 bridgehead atoms. The highest BCUT2D eigenvalue weighted by atomic mass is 16.5. The average molecular weight is 426 g/mol. The van der Waals surface area contributed by atoms with Crippen LogP contribution in [0.15, 0.2) is 12.5 Å². The zero-order chi connectivity index (χ0) is 20.8. The van der Waals surface area contributed by atoms with Crippen molar-refractivity contribution in [2.45, 2.75) is 50.6 Å². The Bertz CT molecular complexity index is 933. The van der Waals surface area contributed by atoms with Gasteiger partial charge in [0.2, 0.25) is 0 Å². The predicted molar refractivity (Wildman–Crippen MR) is 116 cm³/mol. The molecule has 0 aromatic carbocycles. The maximum Gasteiger partial charge on any atom is 0.320 e. The quantitative estimate of drug-likeness (QED) is 0.763. The van der Waals surface area contributed by atoms with Gasteiger partial charge in [0.25, 0.3) is 0 Å². The average Bonchev–Trinajstić information content (AvgIpc) is 3.16. The van der Waals surface area contributed by atoms with Crippen LogP contribution in [0.4, 0.5) is 10.6 Å². The van der Waals surface area contributed by atoms with Crippen molar-refractivity contribution in [3.8, 4) is 0 Å². The Hall–Kier alpha value is -2.26. The van der Waals surface area contributed by atoms with Crippen LogP contribution < -0.4 is 10.6 Å². The molecule has 31 heavy (non-hydrogen) atoms. The topological polar surface area (TPSA) is 97.2 Å². The van der Waals surface area contributed by atoms with Gasteiger partial charge in [0.1, 0.15) is 12.1 Å². The number of hydrogen-bond donors (Lipinski definition) is 2. The van der Waals surface area contributed by atoms with Gasteiger partial charge in [0.15, 0.2) is 5.65 Å². The molecule has 1 saturated heterocycles. The fraction of sp³-hybridized carbons (Fsp3) is 0.727. The Morgan fingerprint density at radius 3 is 2.48 bits per heavy atom. The van der Waals surface area contributed by atoms with E-state index in [2.05, 4.69) is 30.6 Å². The number of hydrogen-bond acceptors (Lipinski definition) is 6. The minimum atomic E-state index is -0.150. The Kier molecular flexibility index (Phi) is 4.83. The van der Waals surface area contributed by atoms with Crippen molar-refractivity contribution in [3.05, 3.63) is 12.5 Å². The van der Waals surface area contributed by atoms with Crippen LogP contribution in [0.5, 0.6) is 0 Å². The van der Waals surface area contributed by atoms with Gasteiger partial charge < -0.3 is 10.1 Å². The van der Waals surface area contributed by atoms with Gasteiger partial charge in [-0.3, -0.25) is 10.2 Å². The molecule has 5 fully saturated rings. The van der Waals surface area contributed by atoms with E-state index in [-0.39, 0.29) is 11.6 Å². The number of carbonyl (C=O) groups excluding carboxylic acids is 1. The maximum atomic E-state index is 13.0. The summed E-state index contributed by atoms with van der Waals surface area (Å²) in [5.74, 6) is 2.91. The highest BCUT2D eigenvalue weighted by Gasteiger charge is 2.51. The molecular formula is C22H31N7O2. The molecule has 9 nitrogen and oxygen atoms in total. The molecule has 2 aromatic rings. The molecule has 0 radical (unpaired) electrons. The molecule has 4 saturated carbocycles. The number of nitrogens with one attached hydrogen (secondary N) is 2. The lowest BCUT2D eigenvalue weighted by atomic mass is 9.53. The lowest BCUT2D eigenvalue weighted by Crippen LogP contribution is -2.60. The molecule has 1 aliphatic heterocycles. The van der Waals surface area contributed by atoms with Crippen LogP contribution in [0.3, 0.4) is 0 Å². The summed E-state index contributed by atoms with van der Waals surface area (Å²) in [5, 5.41) is 11.6. The summed E-state index contributed by atoms with van der Waals surface area (Å²) in [5.41, 5.74) is 0.737. The number of nitrogens with zero attached hydrogens (tertiary/aromatic N) is 5. The Morgan fingerprint density at radius 2 is 1.77 bits per heavy atom. The Morgan fingerprint density at radius 1 is 1.06 bits per heavy atom. The summed E-state index contributed by atoms with van der Waals surface area (Å²) in [6, 6.07) is -0.150. The van der Waals surface area contributed by atoms with Gasteiger partial charge in [-0.15, -0.1) is 0 Å². The van der Waals surface area contributed by atoms with Crippen molar-refractivity contribution in [3.63, 3.8) is 0 Å². The fourth-order valence-corrected chi connectivity index (χ4v) is 6.86. The van der Waals surface area contributed by atoms with E-state index in [4.69, 9.17) is 4.74 Å². The summed E-state index contributed by atoms with van der Waals surface area (Å²) in [6.45, 7) is 5.12. The van der Waals surface area contributed by atoms with Crippen LogP contribution in [0.25, 0.3) is 11.0 Å². The van der Waals surface area contributed by atoms with Crippen LogP contribution in [0.2, 0.25) is 0 Å². The number of anilines is 1. The van der Waals surface area contributed by atoms with Crippen LogP contribution in [-0.4, -0.2) is 69.1 Å². The smallest absolute Gasteiger partial charge is 0.320 e. The molecule has 2 aromatic heterocycles. The van der Waals surface area contributed by atoms with Crippen molar-refractivity contribution in [2.75, 3.05) is 38.2 Å². The molecule has 2 amide bonds. The van der Waals surface area contributed by atoms with Crippen LogP contribution in [-0.2, 0) is 11.3 Å². The van der Waals surface area contributed by atoms with E-state index < -0.39 is 0 Å². The van der Waals surface area contributed by atoms with Gasteiger partial charge in [0.05, 0.1) is 31.3 Å². The molecular weight excluding hydrogens is 394 g/mol. The normalized spacial score (nSPS) is 32.5. The minimum absolute atomic E-state index is 0.0205. The van der Waals surface area contributed by atoms with E-state index >= 15 is 0 Å². The second kappa shape index (κ2) is 7.70. The van der Waals surface area contributed by atoms with Gasteiger partial charge in [-0.25, -0.2) is 19.4 Å². The zero-order valence-electron chi connectivity index (χ0n) is 17.9. The number of carbonyl (C=O) groups is 1. The molecule has 7 rings (SSSR count). The first-order chi connectivity index (χ1) is 15.2. The molecule has 9 heteroatoms. The number of ether oxygens (including phenoxy) is 1. The summed E-state index contributed by atoms with van der Waals surface area (Å²) in [4.78, 5) is 24.1. The number of morpholine rings is 1. The summed E-state index contributed by atoms with van der Waals surface area (Å²) >= 11 is 0. The second-order valence-corrected chi connectivity index (χ2v) is 10.1. The third kappa shape index (κ3) is 3.78. The maximum absolute atomic E-state index is 13.0. The zero-order valence-corrected chi connectivity index (χ0v) is 17.9. The van der Waals surface area contributed by atoms with Crippen molar-refractivity contribution in [2.24, 2.45) is 17.8 Å². The van der Waals surface area contributed by atoms with Gasteiger partial charge in [-0.05, 0) is 56.3 Å². The Labute approximate surface area is 181 Å². The van der Waals surface area contributed by atoms with E-state index in [1.165, 1.54) is 25.6 Å². The third-order valence-corrected chi connectivity index (χ3v) is 7.81. The molecule has 166 valence electrons. The van der Waals surface area contributed by atoms with Crippen molar-refractivity contribution in [1.82, 2.24) is 30.0 Å². The van der Waals surface area contributed by atoms with E-state index in [1.807, 2.05) is 4.68 Å². The molecule has 0 unspecified atom stereocenters. The van der Waals surface area contributed by atoms with Gasteiger partial charge >= 0.3 is 6.03 Å². The van der Waals surface area contributed by atoms with E-state index in [9.17, 15) is 4.79 Å². The first-order valence-electron chi connectivity index (χ1n) is 11.7. The lowest BCUT2D eigenvalue weighted by Gasteiger charge is -2.56. The lowest BCUT2D eigenvalue weighted by molar-refractivity contribution is -0.0127. The van der Waals surface area contributed by atoms with Gasteiger partial charge in [-0.1, -0.05) is 0 Å². The van der Waals surface area contributed by atoms with Crippen LogP contribution >= 0.6 is 0 Å². The van der Waals surface area contributed by atoms with Crippen LogP contribution in [0, 0.1) is 17.8 Å². The summed E-state index contributed by atoms with van der Waals surface area (Å²) in [7, 11) is 0. The van der Waals surface area contributed by atoms with Crippen molar-refractivity contribution < 1.29 is 9.53 Å². The standard InChI is InChI=1S/C22H31N7O2/c30-21(27-22-10-15-7-16(11-22)9-17(8-15)12-22)26-19-18-13-25-29(20(18)24-14-23-19)2-1-28-3-5-31-6-4-28/h13-17H,1-12H2,(H2,23,24,26,27,30). The molecule has 0 spiro atoms. The number of amides is 2. The number of rotatable bonds is 5. The van der Waals surface area contributed by atoms with Gasteiger partial charge in [-0.2, -0.15) is 5.10 Å². The number of fused-ring (bicyclic) bond motifs is 1. The highest BCUT2D eigenvalue weighted by Crippen LogP contribution is 2.55. The van der Waals surface area contributed by atoms with Crippen molar-refractivity contribution >= 4 is 22.9 Å². The SMILES string of the molecule is O=C(Nc1ncnc2c1cnn2CCN1CCOCC1)NC12CC3CC(CC(C3)C1)C2. The molecule has 0 atom stereocenters. The Balaban J connectivity index is 1.14. The van der Waals surface area contributed by atoms with Crippen LogP contribution in [0.1, 0.15) is 38.5 Å². The first kappa shape index (κ1) is 19.4. The third-order valence-electron chi connectivity index (χ3n) is 7.81. The number of urea groups is 1. The number of aromatic nitrogens is 4. The predicted octanol–water partition coefficient (Wildman–Crippen LogP) is 2.25. The fourth-order valence-electron chi connectivity index (χ4n) is 6.86. The second-order valence-electron chi connectivity index (χ2n) is 10.1. The monoisotopic (exact) mass is 425 g/mol. The molecule has 4 aliphatic carbocycles. The molecule has 2 N–H and O–H groups in total. The first-order valence-corrected chi connectivity index (χ1v) is 11.7. The largest absolute Gasteiger partial charge is 0.379 e.